The van der Waals surface area contributed by atoms with E-state index in [1.807, 2.05) is 24.6 Å². The average Bonchev–Trinajstić information content (AvgIpc) is 2.78. The van der Waals surface area contributed by atoms with E-state index in [0.717, 1.165) is 11.3 Å². The van der Waals surface area contributed by atoms with Gasteiger partial charge in [-0.25, -0.2) is 0 Å². The summed E-state index contributed by atoms with van der Waals surface area (Å²) in [6.45, 7) is 0. The molecule has 0 bridgehead atoms. The molecule has 3 rings (SSSR count). The van der Waals surface area contributed by atoms with E-state index < -0.39 is 0 Å². The Hall–Kier alpha value is -1.39. The van der Waals surface area contributed by atoms with E-state index in [-0.39, 0.29) is 6.04 Å². The van der Waals surface area contributed by atoms with Crippen LogP contribution in [-0.2, 0) is 12.8 Å². The van der Waals surface area contributed by atoms with E-state index in [4.69, 9.17) is 4.74 Å². The number of pyridine rings is 1. The molecule has 112 valence electrons. The highest BCUT2D eigenvalue weighted by atomic mass is 32.1. The molecule has 1 aliphatic rings. The van der Waals surface area contributed by atoms with Crippen molar-refractivity contribution in [2.24, 2.45) is 0 Å². The molecule has 0 spiro atoms. The van der Waals surface area contributed by atoms with Crippen LogP contribution in [0.2, 0.25) is 0 Å². The van der Waals surface area contributed by atoms with Crippen LogP contribution in [0.15, 0.2) is 24.5 Å². The minimum absolute atomic E-state index is 0.199. The predicted octanol–water partition coefficient (Wildman–Crippen LogP) is 3.73. The van der Waals surface area contributed by atoms with Gasteiger partial charge in [-0.05, 0) is 56.0 Å². The Labute approximate surface area is 130 Å². The zero-order valence-corrected chi connectivity index (χ0v) is 13.5. The van der Waals surface area contributed by atoms with Crippen LogP contribution in [0.3, 0.4) is 0 Å². The number of fused-ring (bicyclic) bond motifs is 1. The van der Waals surface area contributed by atoms with Gasteiger partial charge in [0, 0.05) is 16.0 Å². The Morgan fingerprint density at radius 1 is 1.19 bits per heavy atom. The summed E-state index contributed by atoms with van der Waals surface area (Å²) >= 11 is 1.96. The first kappa shape index (κ1) is 14.5. The van der Waals surface area contributed by atoms with E-state index in [1.54, 1.807) is 23.7 Å². The molecule has 3 nitrogen and oxygen atoms in total. The Balaban J connectivity index is 1.92. The van der Waals surface area contributed by atoms with Crippen molar-refractivity contribution in [1.82, 2.24) is 10.3 Å². The third kappa shape index (κ3) is 3.11. The highest BCUT2D eigenvalue weighted by Gasteiger charge is 2.19. The normalized spacial score (nSPS) is 16.1. The molecule has 1 N–H and O–H groups in total. The second kappa shape index (κ2) is 6.58. The van der Waals surface area contributed by atoms with Crippen molar-refractivity contribution in [2.75, 3.05) is 14.2 Å². The molecule has 0 radical (unpaired) electrons. The molecule has 1 atom stereocenters. The average molecular weight is 302 g/mol. The first-order chi connectivity index (χ1) is 10.3. The standard InChI is InChI=1S/C17H22N2OS/c1-18-17(13-8-14(20-2)11-19-10-13)16-9-12-6-4-3-5-7-15(12)21-16/h8-11,17-18H,3-7H2,1-2H3. The third-order valence-electron chi connectivity index (χ3n) is 4.14. The molecule has 0 saturated heterocycles. The highest BCUT2D eigenvalue weighted by molar-refractivity contribution is 7.12. The molecule has 0 saturated carbocycles. The molecule has 2 aromatic rings. The number of methoxy groups -OCH3 is 1. The summed E-state index contributed by atoms with van der Waals surface area (Å²) < 4.78 is 5.30. The number of thiophene rings is 1. The van der Waals surface area contributed by atoms with Gasteiger partial charge in [0.1, 0.15) is 5.75 Å². The maximum absolute atomic E-state index is 5.30. The van der Waals surface area contributed by atoms with Crippen LogP contribution in [0, 0.1) is 0 Å². The summed E-state index contributed by atoms with van der Waals surface area (Å²) in [5.74, 6) is 0.811. The first-order valence-electron chi connectivity index (χ1n) is 7.59. The number of aryl methyl sites for hydroxylation is 2. The lowest BCUT2D eigenvalue weighted by Crippen LogP contribution is -2.16. The van der Waals surface area contributed by atoms with Crippen LogP contribution < -0.4 is 10.1 Å². The molecule has 0 amide bonds. The fourth-order valence-corrected chi connectivity index (χ4v) is 4.41. The molecule has 2 heterocycles. The molecule has 21 heavy (non-hydrogen) atoms. The van der Waals surface area contributed by atoms with Gasteiger partial charge in [0.2, 0.25) is 0 Å². The fourth-order valence-electron chi connectivity index (χ4n) is 3.01. The topological polar surface area (TPSA) is 34.2 Å². The van der Waals surface area contributed by atoms with Crippen LogP contribution in [0.5, 0.6) is 5.75 Å². The lowest BCUT2D eigenvalue weighted by atomic mass is 10.1. The third-order valence-corrected chi connectivity index (χ3v) is 5.44. The first-order valence-corrected chi connectivity index (χ1v) is 8.41. The molecule has 1 aliphatic carbocycles. The van der Waals surface area contributed by atoms with Crippen LogP contribution >= 0.6 is 11.3 Å². The Morgan fingerprint density at radius 3 is 2.86 bits per heavy atom. The number of hydrogen-bond donors (Lipinski definition) is 1. The Morgan fingerprint density at radius 2 is 2.05 bits per heavy atom. The predicted molar refractivity (Wildman–Crippen MR) is 87.3 cm³/mol. The maximum Gasteiger partial charge on any atom is 0.137 e. The second-order valence-corrected chi connectivity index (χ2v) is 6.71. The summed E-state index contributed by atoms with van der Waals surface area (Å²) in [4.78, 5) is 7.26. The van der Waals surface area contributed by atoms with Crippen molar-refractivity contribution in [3.63, 3.8) is 0 Å². The van der Waals surface area contributed by atoms with Gasteiger partial charge in [-0.1, -0.05) is 6.42 Å². The molecule has 4 heteroatoms. The van der Waals surface area contributed by atoms with Crippen molar-refractivity contribution in [3.05, 3.63) is 45.4 Å². The van der Waals surface area contributed by atoms with Gasteiger partial charge in [0.05, 0.1) is 19.3 Å². The largest absolute Gasteiger partial charge is 0.495 e. The van der Waals surface area contributed by atoms with Gasteiger partial charge in [0.25, 0.3) is 0 Å². The van der Waals surface area contributed by atoms with Crippen molar-refractivity contribution in [3.8, 4) is 5.75 Å². The van der Waals surface area contributed by atoms with Gasteiger partial charge in [-0.3, -0.25) is 4.98 Å². The quantitative estimate of drug-likeness (QED) is 0.874. The van der Waals surface area contributed by atoms with Gasteiger partial charge >= 0.3 is 0 Å². The van der Waals surface area contributed by atoms with Crippen LogP contribution in [0.1, 0.15) is 46.2 Å². The molecule has 2 aromatic heterocycles. The minimum Gasteiger partial charge on any atom is -0.495 e. The number of ether oxygens (including phenoxy) is 1. The summed E-state index contributed by atoms with van der Waals surface area (Å²) in [6, 6.07) is 4.66. The van der Waals surface area contributed by atoms with E-state index in [0.29, 0.717) is 0 Å². The van der Waals surface area contributed by atoms with E-state index in [1.165, 1.54) is 37.0 Å². The number of nitrogens with zero attached hydrogens (tertiary/aromatic N) is 1. The Kier molecular flexibility index (Phi) is 4.56. The van der Waals surface area contributed by atoms with E-state index in [2.05, 4.69) is 22.4 Å². The second-order valence-electron chi connectivity index (χ2n) is 5.54. The van der Waals surface area contributed by atoms with Crippen LogP contribution in [0.4, 0.5) is 0 Å². The molecule has 1 unspecified atom stereocenters. The number of hydrogen-bond acceptors (Lipinski definition) is 4. The maximum atomic E-state index is 5.30. The number of nitrogens with one attached hydrogen (secondary N) is 1. The molecule has 0 fully saturated rings. The van der Waals surface area contributed by atoms with Crippen LogP contribution in [-0.4, -0.2) is 19.1 Å². The Bertz CT molecular complexity index is 585. The number of aromatic nitrogens is 1. The lowest BCUT2D eigenvalue weighted by Gasteiger charge is -2.15. The molecular formula is C17H22N2OS. The SMILES string of the molecule is CNC(c1cncc(OC)c1)c1cc2c(s1)CCCCC2. The van der Waals surface area contributed by atoms with E-state index in [9.17, 15) is 0 Å². The van der Waals surface area contributed by atoms with Gasteiger partial charge < -0.3 is 10.1 Å². The van der Waals surface area contributed by atoms with Crippen molar-refractivity contribution < 1.29 is 4.74 Å². The van der Waals surface area contributed by atoms with Crippen molar-refractivity contribution in [1.29, 1.82) is 0 Å². The molecule has 0 aliphatic heterocycles. The van der Waals surface area contributed by atoms with E-state index >= 15 is 0 Å². The fraction of sp³-hybridized carbons (Fsp3) is 0.471. The zero-order chi connectivity index (χ0) is 14.7. The summed E-state index contributed by atoms with van der Waals surface area (Å²) in [6.07, 6.45) is 10.2. The van der Waals surface area contributed by atoms with Gasteiger partial charge in [-0.2, -0.15) is 0 Å². The monoisotopic (exact) mass is 302 g/mol. The molecule has 0 aromatic carbocycles. The summed E-state index contributed by atoms with van der Waals surface area (Å²) in [5, 5.41) is 3.43. The lowest BCUT2D eigenvalue weighted by molar-refractivity contribution is 0.411. The molecular weight excluding hydrogens is 280 g/mol. The van der Waals surface area contributed by atoms with Gasteiger partial charge in [0.15, 0.2) is 0 Å². The number of rotatable bonds is 4. The van der Waals surface area contributed by atoms with Gasteiger partial charge in [-0.15, -0.1) is 11.3 Å². The van der Waals surface area contributed by atoms with Crippen molar-refractivity contribution >= 4 is 11.3 Å². The highest BCUT2D eigenvalue weighted by Crippen LogP contribution is 2.35. The minimum atomic E-state index is 0.199. The summed E-state index contributed by atoms with van der Waals surface area (Å²) in [5.41, 5.74) is 2.72. The van der Waals surface area contributed by atoms with Crippen LogP contribution in [0.25, 0.3) is 0 Å². The summed E-state index contributed by atoms with van der Waals surface area (Å²) in [7, 11) is 3.69. The zero-order valence-electron chi connectivity index (χ0n) is 12.7. The smallest absolute Gasteiger partial charge is 0.137 e. The van der Waals surface area contributed by atoms with Crippen molar-refractivity contribution in [2.45, 2.75) is 38.1 Å².